The Morgan fingerprint density at radius 1 is 1.03 bits per heavy atom. The summed E-state index contributed by atoms with van der Waals surface area (Å²) in [6.07, 6.45) is 7.41. The Labute approximate surface area is 206 Å². The first kappa shape index (κ1) is 25.9. The highest BCUT2D eigenvalue weighted by molar-refractivity contribution is 5.91. The van der Waals surface area contributed by atoms with Crippen molar-refractivity contribution in [1.29, 1.82) is 0 Å². The number of rotatable bonds is 12. The van der Waals surface area contributed by atoms with E-state index in [0.29, 0.717) is 36.8 Å². The molecule has 1 aromatic heterocycles. The minimum absolute atomic E-state index is 0.192. The maximum absolute atomic E-state index is 13.5. The van der Waals surface area contributed by atoms with Crippen molar-refractivity contribution >= 4 is 12.0 Å². The molecule has 0 spiro atoms. The van der Waals surface area contributed by atoms with Crippen molar-refractivity contribution in [2.75, 3.05) is 34.4 Å². The first-order valence-corrected chi connectivity index (χ1v) is 11.5. The molecule has 0 aliphatic rings. The summed E-state index contributed by atoms with van der Waals surface area (Å²) in [6.45, 7) is 2.23. The number of pyridine rings is 1. The average Bonchev–Trinajstić information content (AvgIpc) is 2.85. The summed E-state index contributed by atoms with van der Waals surface area (Å²) in [5.74, 6) is 0.758. The Hall–Kier alpha value is -3.71. The zero-order chi connectivity index (χ0) is 25.0. The second-order valence-electron chi connectivity index (χ2n) is 8.43. The third-order valence-electron chi connectivity index (χ3n) is 5.28. The first-order valence-electron chi connectivity index (χ1n) is 11.5. The number of ether oxygens (including phenoxy) is 2. The fourth-order valence-corrected chi connectivity index (χ4v) is 3.52. The summed E-state index contributed by atoms with van der Waals surface area (Å²) in [4.78, 5) is 21.1. The standard InChI is InChI=1S/C28H32FN3O3/c1-31(2)15-6-16-35-27-18-23(10-12-26(27)34-3)20-32(21-24-8-5-14-30-19-24)28(33)13-11-22-7-4-9-25(29)17-22/h4-5,7-14,17-19H,6,15-16,20-21H2,1-3H3/b13-11+. The molecule has 184 valence electrons. The number of benzene rings is 2. The topological polar surface area (TPSA) is 54.9 Å². The molecule has 0 aliphatic carbocycles. The van der Waals surface area contributed by atoms with Crippen LogP contribution in [0.25, 0.3) is 6.08 Å². The van der Waals surface area contributed by atoms with Gasteiger partial charge in [0.25, 0.3) is 0 Å². The summed E-state index contributed by atoms with van der Waals surface area (Å²) >= 11 is 0. The van der Waals surface area contributed by atoms with Gasteiger partial charge in [-0.15, -0.1) is 0 Å². The highest BCUT2D eigenvalue weighted by Gasteiger charge is 2.15. The minimum atomic E-state index is -0.344. The van der Waals surface area contributed by atoms with Gasteiger partial charge in [-0.3, -0.25) is 9.78 Å². The lowest BCUT2D eigenvalue weighted by molar-refractivity contribution is -0.127. The molecule has 0 atom stereocenters. The van der Waals surface area contributed by atoms with Gasteiger partial charge in [0.05, 0.1) is 13.7 Å². The van der Waals surface area contributed by atoms with E-state index >= 15 is 0 Å². The van der Waals surface area contributed by atoms with Gasteiger partial charge < -0.3 is 19.3 Å². The second-order valence-corrected chi connectivity index (χ2v) is 8.43. The van der Waals surface area contributed by atoms with Gasteiger partial charge in [-0.05, 0) is 73.6 Å². The molecule has 0 fully saturated rings. The van der Waals surface area contributed by atoms with Crippen molar-refractivity contribution in [1.82, 2.24) is 14.8 Å². The van der Waals surface area contributed by atoms with E-state index in [9.17, 15) is 9.18 Å². The molecule has 0 bridgehead atoms. The first-order chi connectivity index (χ1) is 16.9. The maximum atomic E-state index is 13.5. The molecular weight excluding hydrogens is 445 g/mol. The van der Waals surface area contributed by atoms with Gasteiger partial charge in [0.15, 0.2) is 11.5 Å². The van der Waals surface area contributed by atoms with Crippen molar-refractivity contribution in [2.24, 2.45) is 0 Å². The molecule has 0 N–H and O–H groups in total. The normalized spacial score (nSPS) is 11.1. The molecule has 0 unspecified atom stereocenters. The summed E-state index contributed by atoms with van der Waals surface area (Å²) < 4.78 is 25.0. The molecule has 0 saturated carbocycles. The van der Waals surface area contributed by atoms with Crippen LogP contribution in [0, 0.1) is 5.82 Å². The Morgan fingerprint density at radius 3 is 2.57 bits per heavy atom. The maximum Gasteiger partial charge on any atom is 0.247 e. The number of hydrogen-bond acceptors (Lipinski definition) is 5. The molecule has 0 aliphatic heterocycles. The zero-order valence-corrected chi connectivity index (χ0v) is 20.5. The van der Waals surface area contributed by atoms with Crippen molar-refractivity contribution in [2.45, 2.75) is 19.5 Å². The van der Waals surface area contributed by atoms with Gasteiger partial charge >= 0.3 is 0 Å². The Balaban J connectivity index is 1.78. The Kier molecular flexibility index (Phi) is 9.80. The SMILES string of the molecule is COc1ccc(CN(Cc2cccnc2)C(=O)/C=C/c2cccc(F)c2)cc1OCCCN(C)C. The van der Waals surface area contributed by atoms with Crippen LogP contribution in [-0.2, 0) is 17.9 Å². The molecule has 3 aromatic rings. The predicted molar refractivity (Wildman–Crippen MR) is 136 cm³/mol. The van der Waals surface area contributed by atoms with Crippen LogP contribution in [-0.4, -0.2) is 55.0 Å². The fourth-order valence-electron chi connectivity index (χ4n) is 3.52. The Bertz CT molecular complexity index is 1120. The Morgan fingerprint density at radius 2 is 1.86 bits per heavy atom. The summed E-state index contributed by atoms with van der Waals surface area (Å²) in [5, 5.41) is 0. The van der Waals surface area contributed by atoms with E-state index in [2.05, 4.69) is 9.88 Å². The van der Waals surface area contributed by atoms with Gasteiger partial charge in [0.1, 0.15) is 5.82 Å². The molecule has 1 amide bonds. The summed E-state index contributed by atoms with van der Waals surface area (Å²) in [5.41, 5.74) is 2.44. The highest BCUT2D eigenvalue weighted by atomic mass is 19.1. The molecule has 0 saturated heterocycles. The molecule has 0 radical (unpaired) electrons. The number of carbonyl (C=O) groups excluding carboxylic acids is 1. The van der Waals surface area contributed by atoms with Crippen LogP contribution in [0.2, 0.25) is 0 Å². The lowest BCUT2D eigenvalue weighted by Crippen LogP contribution is -2.28. The van der Waals surface area contributed by atoms with Gasteiger partial charge in [0.2, 0.25) is 5.91 Å². The van der Waals surface area contributed by atoms with E-state index in [1.807, 2.05) is 44.4 Å². The zero-order valence-electron chi connectivity index (χ0n) is 20.5. The van der Waals surface area contributed by atoms with Crippen LogP contribution in [0.4, 0.5) is 4.39 Å². The third kappa shape index (κ3) is 8.54. The lowest BCUT2D eigenvalue weighted by atomic mass is 10.1. The smallest absolute Gasteiger partial charge is 0.247 e. The van der Waals surface area contributed by atoms with E-state index in [-0.39, 0.29) is 11.7 Å². The van der Waals surface area contributed by atoms with Crippen molar-refractivity contribution < 1.29 is 18.7 Å². The number of nitrogens with zero attached hydrogens (tertiary/aromatic N) is 3. The van der Waals surface area contributed by atoms with Crippen LogP contribution in [0.15, 0.2) is 73.1 Å². The highest BCUT2D eigenvalue weighted by Crippen LogP contribution is 2.29. The average molecular weight is 478 g/mol. The number of methoxy groups -OCH3 is 1. The van der Waals surface area contributed by atoms with Crippen LogP contribution < -0.4 is 9.47 Å². The number of amides is 1. The van der Waals surface area contributed by atoms with Gasteiger partial charge in [-0.25, -0.2) is 4.39 Å². The fraction of sp³-hybridized carbons (Fsp3) is 0.286. The molecule has 7 heteroatoms. The number of carbonyl (C=O) groups is 1. The van der Waals surface area contributed by atoms with E-state index in [1.165, 1.54) is 18.2 Å². The number of hydrogen-bond donors (Lipinski definition) is 0. The lowest BCUT2D eigenvalue weighted by Gasteiger charge is -2.22. The molecular formula is C28H32FN3O3. The summed E-state index contributed by atoms with van der Waals surface area (Å²) in [7, 11) is 5.66. The number of halogens is 1. The largest absolute Gasteiger partial charge is 0.493 e. The van der Waals surface area contributed by atoms with Gasteiger partial charge in [-0.1, -0.05) is 24.3 Å². The van der Waals surface area contributed by atoms with Gasteiger partial charge in [0, 0.05) is 38.1 Å². The van der Waals surface area contributed by atoms with Crippen LogP contribution in [0.3, 0.4) is 0 Å². The quantitative estimate of drug-likeness (QED) is 0.277. The minimum Gasteiger partial charge on any atom is -0.493 e. The van der Waals surface area contributed by atoms with Crippen LogP contribution in [0.1, 0.15) is 23.1 Å². The van der Waals surface area contributed by atoms with Crippen LogP contribution >= 0.6 is 0 Å². The number of aromatic nitrogens is 1. The van der Waals surface area contributed by atoms with Crippen LogP contribution in [0.5, 0.6) is 11.5 Å². The van der Waals surface area contributed by atoms with E-state index in [4.69, 9.17) is 9.47 Å². The van der Waals surface area contributed by atoms with Crippen molar-refractivity contribution in [3.8, 4) is 11.5 Å². The molecule has 2 aromatic carbocycles. The predicted octanol–water partition coefficient (Wildman–Crippen LogP) is 4.80. The molecule has 6 nitrogen and oxygen atoms in total. The van der Waals surface area contributed by atoms with E-state index in [0.717, 1.165) is 24.1 Å². The molecule has 35 heavy (non-hydrogen) atoms. The van der Waals surface area contributed by atoms with Crippen molar-refractivity contribution in [3.63, 3.8) is 0 Å². The third-order valence-corrected chi connectivity index (χ3v) is 5.28. The van der Waals surface area contributed by atoms with Crippen molar-refractivity contribution in [3.05, 3.63) is 95.6 Å². The van der Waals surface area contributed by atoms with E-state index in [1.54, 1.807) is 42.6 Å². The van der Waals surface area contributed by atoms with Gasteiger partial charge in [-0.2, -0.15) is 0 Å². The van der Waals surface area contributed by atoms with E-state index < -0.39 is 0 Å². The monoisotopic (exact) mass is 477 g/mol. The molecule has 3 rings (SSSR count). The molecule has 1 heterocycles. The second kappa shape index (κ2) is 13.2. The summed E-state index contributed by atoms with van der Waals surface area (Å²) in [6, 6.07) is 15.6.